The van der Waals surface area contributed by atoms with Gasteiger partial charge in [-0.25, -0.2) is 4.79 Å². The van der Waals surface area contributed by atoms with Crippen LogP contribution in [0.3, 0.4) is 0 Å². The average molecular weight is 534 g/mol. The Balaban J connectivity index is 1.64. The molecule has 1 heterocycles. The number of nitrogens with two attached hydrogens (primary N) is 1. The number of hydrogen-bond acceptors (Lipinski definition) is 5. The number of esters is 1. The van der Waals surface area contributed by atoms with Gasteiger partial charge >= 0.3 is 12.1 Å². The maximum absolute atomic E-state index is 13.5. The Kier molecular flexibility index (Phi) is 9.90. The van der Waals surface area contributed by atoms with Gasteiger partial charge in [-0.2, -0.15) is 13.2 Å². The predicted octanol–water partition coefficient (Wildman–Crippen LogP) is 3.84. The summed E-state index contributed by atoms with van der Waals surface area (Å²) >= 11 is 0. The number of carbonyl (C=O) groups is 3. The van der Waals surface area contributed by atoms with E-state index >= 15 is 0 Å². The minimum atomic E-state index is -4.46. The van der Waals surface area contributed by atoms with Gasteiger partial charge in [0.25, 0.3) is 0 Å². The molecule has 1 aliphatic rings. The first-order valence-corrected chi connectivity index (χ1v) is 12.7. The van der Waals surface area contributed by atoms with Gasteiger partial charge in [-0.05, 0) is 48.4 Å². The van der Waals surface area contributed by atoms with Crippen LogP contribution in [-0.2, 0) is 38.3 Å². The molecular formula is C28H34F3N3O4. The molecule has 3 N–H and O–H groups in total. The van der Waals surface area contributed by atoms with Crippen molar-refractivity contribution in [3.63, 3.8) is 0 Å². The quantitative estimate of drug-likeness (QED) is 0.452. The molecule has 38 heavy (non-hydrogen) atoms. The maximum atomic E-state index is 13.5. The molecule has 2 aromatic rings. The second-order valence-electron chi connectivity index (χ2n) is 9.66. The number of nitrogens with one attached hydrogen (secondary N) is 1. The van der Waals surface area contributed by atoms with E-state index in [2.05, 4.69) is 5.32 Å². The first-order chi connectivity index (χ1) is 18.0. The number of alkyl halides is 3. The summed E-state index contributed by atoms with van der Waals surface area (Å²) < 4.78 is 43.9. The van der Waals surface area contributed by atoms with Crippen LogP contribution < -0.4 is 11.1 Å². The standard InChI is InChI=1S/C28H34F3N3O4/c1-3-18(2)24(33-25(35)22(32)16-19-11-13-21(14-12-19)28(29,30)31)26(36)34-15-7-10-23(34)27(37)38-17-20-8-5-4-6-9-20/h4-6,8-9,11-14,18,22-24H,3,7,10,15-17,32H2,1-2H3,(H,33,35)/t18?,22-,23-,24-/m1/s1. The Morgan fingerprint density at radius 1 is 1.08 bits per heavy atom. The third-order valence-corrected chi connectivity index (χ3v) is 6.88. The molecule has 206 valence electrons. The first kappa shape index (κ1) is 29.2. The number of halogens is 3. The lowest BCUT2D eigenvalue weighted by molar-refractivity contribution is -0.155. The van der Waals surface area contributed by atoms with Crippen LogP contribution in [0.25, 0.3) is 0 Å². The van der Waals surface area contributed by atoms with Gasteiger partial charge in [0.2, 0.25) is 11.8 Å². The Labute approximate surface area is 220 Å². The summed E-state index contributed by atoms with van der Waals surface area (Å²) in [5.74, 6) is -1.71. The van der Waals surface area contributed by atoms with E-state index in [-0.39, 0.29) is 24.9 Å². The van der Waals surface area contributed by atoms with Gasteiger partial charge in [0.1, 0.15) is 18.7 Å². The third kappa shape index (κ3) is 7.56. The molecule has 4 atom stereocenters. The van der Waals surface area contributed by atoms with Crippen molar-refractivity contribution >= 4 is 17.8 Å². The van der Waals surface area contributed by atoms with Crippen LogP contribution in [0.2, 0.25) is 0 Å². The van der Waals surface area contributed by atoms with Crippen LogP contribution in [0.1, 0.15) is 49.8 Å². The van der Waals surface area contributed by atoms with E-state index in [4.69, 9.17) is 10.5 Å². The van der Waals surface area contributed by atoms with E-state index in [1.54, 1.807) is 0 Å². The van der Waals surface area contributed by atoms with Crippen molar-refractivity contribution in [2.45, 2.75) is 70.4 Å². The molecule has 2 aromatic carbocycles. The monoisotopic (exact) mass is 533 g/mol. The van der Waals surface area contributed by atoms with Gasteiger partial charge in [0.05, 0.1) is 11.6 Å². The van der Waals surface area contributed by atoms with Crippen LogP contribution in [0.15, 0.2) is 54.6 Å². The molecule has 7 nitrogen and oxygen atoms in total. The van der Waals surface area contributed by atoms with Crippen LogP contribution in [0.4, 0.5) is 13.2 Å². The molecule has 1 unspecified atom stereocenters. The van der Waals surface area contributed by atoms with Crippen molar-refractivity contribution in [2.24, 2.45) is 11.7 Å². The number of carbonyl (C=O) groups excluding carboxylic acids is 3. The van der Waals surface area contributed by atoms with E-state index in [0.717, 1.165) is 17.7 Å². The van der Waals surface area contributed by atoms with Gasteiger partial charge in [0.15, 0.2) is 0 Å². The summed E-state index contributed by atoms with van der Waals surface area (Å²) in [6, 6.07) is 11.0. The molecule has 0 aliphatic carbocycles. The number of amides is 2. The molecule has 1 saturated heterocycles. The predicted molar refractivity (Wildman–Crippen MR) is 135 cm³/mol. The normalized spacial score (nSPS) is 17.9. The van der Waals surface area contributed by atoms with Gasteiger partial charge in [-0.1, -0.05) is 62.7 Å². The first-order valence-electron chi connectivity index (χ1n) is 12.7. The zero-order valence-electron chi connectivity index (χ0n) is 21.5. The summed E-state index contributed by atoms with van der Waals surface area (Å²) in [5.41, 5.74) is 6.57. The molecule has 2 amide bonds. The molecule has 0 radical (unpaired) electrons. The summed E-state index contributed by atoms with van der Waals surface area (Å²) in [6.45, 7) is 4.17. The Morgan fingerprint density at radius 2 is 1.74 bits per heavy atom. The zero-order chi connectivity index (χ0) is 27.9. The van der Waals surface area contributed by atoms with E-state index in [9.17, 15) is 27.6 Å². The van der Waals surface area contributed by atoms with Gasteiger partial charge < -0.3 is 20.7 Å². The molecule has 0 bridgehead atoms. The fraction of sp³-hybridized carbons (Fsp3) is 0.464. The lowest BCUT2D eigenvalue weighted by atomic mass is 9.96. The lowest BCUT2D eigenvalue weighted by Crippen LogP contribution is -2.57. The largest absolute Gasteiger partial charge is 0.459 e. The van der Waals surface area contributed by atoms with E-state index in [1.807, 2.05) is 44.2 Å². The fourth-order valence-corrected chi connectivity index (χ4v) is 4.40. The molecule has 0 aromatic heterocycles. The molecule has 1 fully saturated rings. The zero-order valence-corrected chi connectivity index (χ0v) is 21.5. The highest BCUT2D eigenvalue weighted by Gasteiger charge is 2.40. The van der Waals surface area contributed by atoms with Crippen LogP contribution in [0, 0.1) is 5.92 Å². The average Bonchev–Trinajstić information content (AvgIpc) is 3.40. The van der Waals surface area contributed by atoms with Crippen molar-refractivity contribution < 1.29 is 32.3 Å². The van der Waals surface area contributed by atoms with Crippen molar-refractivity contribution in [1.29, 1.82) is 0 Å². The molecule has 10 heteroatoms. The SMILES string of the molecule is CCC(C)[C@@H](NC(=O)[C@H](N)Cc1ccc(C(F)(F)F)cc1)C(=O)N1CCC[C@@H]1C(=O)OCc1ccccc1. The molecule has 1 aliphatic heterocycles. The second-order valence-corrected chi connectivity index (χ2v) is 9.66. The summed E-state index contributed by atoms with van der Waals surface area (Å²) in [7, 11) is 0. The number of likely N-dealkylation sites (tertiary alicyclic amines) is 1. The third-order valence-electron chi connectivity index (χ3n) is 6.88. The van der Waals surface area contributed by atoms with E-state index in [1.165, 1.54) is 17.0 Å². The number of rotatable bonds is 10. The van der Waals surface area contributed by atoms with Crippen LogP contribution >= 0.6 is 0 Å². The number of hydrogen-bond donors (Lipinski definition) is 2. The summed E-state index contributed by atoms with van der Waals surface area (Å²) in [4.78, 5) is 40.7. The molecular weight excluding hydrogens is 499 g/mol. The topological polar surface area (TPSA) is 102 Å². The molecule has 0 saturated carbocycles. The minimum absolute atomic E-state index is 0.00351. The highest BCUT2D eigenvalue weighted by molar-refractivity contribution is 5.92. The molecule has 0 spiro atoms. The second kappa shape index (κ2) is 12.9. The summed E-state index contributed by atoms with van der Waals surface area (Å²) in [6.07, 6.45) is -2.77. The lowest BCUT2D eigenvalue weighted by Gasteiger charge is -2.31. The van der Waals surface area contributed by atoms with Crippen molar-refractivity contribution in [1.82, 2.24) is 10.2 Å². The van der Waals surface area contributed by atoms with Gasteiger partial charge in [0, 0.05) is 6.54 Å². The smallest absolute Gasteiger partial charge is 0.416 e. The number of benzene rings is 2. The summed E-state index contributed by atoms with van der Waals surface area (Å²) in [5, 5.41) is 2.73. The Morgan fingerprint density at radius 3 is 2.34 bits per heavy atom. The van der Waals surface area contributed by atoms with E-state index in [0.29, 0.717) is 31.4 Å². The van der Waals surface area contributed by atoms with Gasteiger partial charge in [-0.15, -0.1) is 0 Å². The minimum Gasteiger partial charge on any atom is -0.459 e. The Hall–Kier alpha value is -3.40. The van der Waals surface area contributed by atoms with Crippen molar-refractivity contribution in [2.75, 3.05) is 6.54 Å². The van der Waals surface area contributed by atoms with Crippen molar-refractivity contribution in [3.8, 4) is 0 Å². The van der Waals surface area contributed by atoms with Gasteiger partial charge in [-0.3, -0.25) is 9.59 Å². The Bertz CT molecular complexity index is 1090. The highest BCUT2D eigenvalue weighted by atomic mass is 19.4. The maximum Gasteiger partial charge on any atom is 0.416 e. The highest BCUT2D eigenvalue weighted by Crippen LogP contribution is 2.29. The van der Waals surface area contributed by atoms with Crippen LogP contribution in [0.5, 0.6) is 0 Å². The number of ether oxygens (including phenoxy) is 1. The molecule has 3 rings (SSSR count). The van der Waals surface area contributed by atoms with Crippen molar-refractivity contribution in [3.05, 3.63) is 71.3 Å². The number of nitrogens with zero attached hydrogens (tertiary/aromatic N) is 1. The fourth-order valence-electron chi connectivity index (χ4n) is 4.40. The van der Waals surface area contributed by atoms with E-state index < -0.39 is 41.7 Å². The van der Waals surface area contributed by atoms with Crippen LogP contribution in [-0.4, -0.2) is 47.4 Å².